The van der Waals surface area contributed by atoms with Gasteiger partial charge in [0.05, 0.1) is 30.1 Å². The van der Waals surface area contributed by atoms with Crippen LogP contribution in [-0.4, -0.2) is 42.8 Å². The van der Waals surface area contributed by atoms with Gasteiger partial charge in [0.1, 0.15) is 5.78 Å². The summed E-state index contributed by atoms with van der Waals surface area (Å²) in [6.45, 7) is 9.48. The summed E-state index contributed by atoms with van der Waals surface area (Å²) in [5, 5.41) is 10.8. The van der Waals surface area contributed by atoms with Crippen LogP contribution < -0.4 is 5.32 Å². The Balaban J connectivity index is 4.72. The number of carbonyl (C=O) groups is 2. The summed E-state index contributed by atoms with van der Waals surface area (Å²) < 4.78 is 10.4. The van der Waals surface area contributed by atoms with Crippen LogP contribution in [0.2, 0.25) is 0 Å². The van der Waals surface area contributed by atoms with Gasteiger partial charge in [-0.3, -0.25) is 4.79 Å². The van der Waals surface area contributed by atoms with Crippen molar-refractivity contribution in [1.29, 1.82) is 5.41 Å². The molecule has 0 aliphatic heterocycles. The van der Waals surface area contributed by atoms with E-state index in [0.29, 0.717) is 13.0 Å². The van der Waals surface area contributed by atoms with Gasteiger partial charge in [-0.15, -0.1) is 0 Å². The van der Waals surface area contributed by atoms with E-state index in [-0.39, 0.29) is 30.3 Å². The molecule has 0 aromatic heterocycles. The predicted molar refractivity (Wildman–Crippen MR) is 81.4 cm³/mol. The highest BCUT2D eigenvalue weighted by Crippen LogP contribution is 2.09. The van der Waals surface area contributed by atoms with E-state index in [1.165, 1.54) is 13.1 Å². The molecule has 0 fully saturated rings. The predicted octanol–water partition coefficient (Wildman–Crippen LogP) is 1.84. The van der Waals surface area contributed by atoms with E-state index in [2.05, 4.69) is 5.32 Å². The lowest BCUT2D eigenvalue weighted by atomic mass is 10.1. The average Bonchev–Trinajstić information content (AvgIpc) is 2.35. The Hall–Kier alpha value is -1.69. The lowest BCUT2D eigenvalue weighted by molar-refractivity contribution is -0.138. The smallest absolute Gasteiger partial charge is 0.341 e. The average molecular weight is 298 g/mol. The number of rotatable bonds is 9. The lowest BCUT2D eigenvalue weighted by Gasteiger charge is -2.20. The van der Waals surface area contributed by atoms with E-state index in [1.54, 1.807) is 6.92 Å². The van der Waals surface area contributed by atoms with E-state index in [9.17, 15) is 9.59 Å². The molecule has 0 saturated carbocycles. The summed E-state index contributed by atoms with van der Waals surface area (Å²) in [6.07, 6.45) is 1.77. The topological polar surface area (TPSA) is 88.5 Å². The minimum atomic E-state index is -0.574. The van der Waals surface area contributed by atoms with Crippen LogP contribution in [0, 0.1) is 5.41 Å². The highest BCUT2D eigenvalue weighted by atomic mass is 16.5. The maximum atomic E-state index is 11.8. The normalized spacial score (nSPS) is 12.0. The first-order chi connectivity index (χ1) is 9.67. The number of hydrogen-bond donors (Lipinski definition) is 2. The third-order valence-corrected chi connectivity index (χ3v) is 2.34. The van der Waals surface area contributed by atoms with E-state index >= 15 is 0 Å². The van der Waals surface area contributed by atoms with Crippen LogP contribution in [0.5, 0.6) is 0 Å². The van der Waals surface area contributed by atoms with Gasteiger partial charge in [0.2, 0.25) is 0 Å². The van der Waals surface area contributed by atoms with Gasteiger partial charge in [-0.05, 0) is 34.6 Å². The van der Waals surface area contributed by atoms with Crippen LogP contribution in [0.25, 0.3) is 0 Å². The fraction of sp³-hybridized carbons (Fsp3) is 0.667. The van der Waals surface area contributed by atoms with E-state index in [1.807, 2.05) is 20.8 Å². The molecular weight excluding hydrogens is 272 g/mol. The van der Waals surface area contributed by atoms with Crippen molar-refractivity contribution < 1.29 is 19.1 Å². The highest BCUT2D eigenvalue weighted by Gasteiger charge is 2.19. The molecule has 0 aliphatic carbocycles. The summed E-state index contributed by atoms with van der Waals surface area (Å²) in [6, 6.07) is 0. The Kier molecular flexibility index (Phi) is 8.54. The number of Topliss-reactive ketones (excluding diaryl/α,β-unsaturated/α-hetero) is 1. The maximum absolute atomic E-state index is 11.8. The summed E-state index contributed by atoms with van der Waals surface area (Å²) in [5.41, 5.74) is -0.239. The first-order valence-corrected chi connectivity index (χ1v) is 6.99. The third-order valence-electron chi connectivity index (χ3n) is 2.34. The van der Waals surface area contributed by atoms with Gasteiger partial charge < -0.3 is 20.2 Å². The van der Waals surface area contributed by atoms with Crippen LogP contribution in [0.3, 0.4) is 0 Å². The molecule has 0 aromatic carbocycles. The molecule has 0 spiro atoms. The third kappa shape index (κ3) is 9.79. The van der Waals surface area contributed by atoms with Crippen molar-refractivity contribution in [3.05, 3.63) is 11.8 Å². The lowest BCUT2D eigenvalue weighted by Crippen LogP contribution is -2.27. The zero-order valence-corrected chi connectivity index (χ0v) is 13.5. The van der Waals surface area contributed by atoms with Crippen molar-refractivity contribution in [2.75, 3.05) is 19.8 Å². The van der Waals surface area contributed by atoms with E-state index < -0.39 is 11.6 Å². The van der Waals surface area contributed by atoms with Crippen molar-refractivity contribution in [2.45, 2.75) is 46.6 Å². The molecule has 6 heteroatoms. The van der Waals surface area contributed by atoms with Crippen LogP contribution in [0.4, 0.5) is 0 Å². The zero-order chi connectivity index (χ0) is 16.5. The summed E-state index contributed by atoms with van der Waals surface area (Å²) in [7, 11) is 0. The molecule has 0 bridgehead atoms. The fourth-order valence-electron chi connectivity index (χ4n) is 1.27. The number of nitrogens with one attached hydrogen (secondary N) is 2. The van der Waals surface area contributed by atoms with Crippen molar-refractivity contribution in [2.24, 2.45) is 0 Å². The number of hydrogen-bond acceptors (Lipinski definition) is 6. The van der Waals surface area contributed by atoms with Crippen molar-refractivity contribution in [3.63, 3.8) is 0 Å². The molecule has 0 aliphatic rings. The largest absolute Gasteiger partial charge is 0.462 e. The molecule has 0 saturated heterocycles. The number of carbonyl (C=O) groups excluding carboxylic acids is 2. The Morgan fingerprint density at radius 1 is 1.29 bits per heavy atom. The summed E-state index contributed by atoms with van der Waals surface area (Å²) >= 11 is 0. The zero-order valence-electron chi connectivity index (χ0n) is 13.5. The molecule has 0 heterocycles. The molecule has 2 N–H and O–H groups in total. The van der Waals surface area contributed by atoms with Crippen molar-refractivity contribution in [1.82, 2.24) is 5.32 Å². The van der Waals surface area contributed by atoms with E-state index in [0.717, 1.165) is 0 Å². The van der Waals surface area contributed by atoms with Gasteiger partial charge in [-0.2, -0.15) is 0 Å². The number of esters is 1. The molecule has 0 radical (unpaired) electrons. The summed E-state index contributed by atoms with van der Waals surface area (Å²) in [4.78, 5) is 22.7. The van der Waals surface area contributed by atoms with Gasteiger partial charge >= 0.3 is 5.97 Å². The van der Waals surface area contributed by atoms with Crippen LogP contribution in [0.15, 0.2) is 11.8 Å². The quantitative estimate of drug-likeness (QED) is 0.293. The molecule has 0 atom stereocenters. The minimum absolute atomic E-state index is 0.0164. The second kappa shape index (κ2) is 9.28. The highest BCUT2D eigenvalue weighted by molar-refractivity contribution is 6.19. The Morgan fingerprint density at radius 3 is 2.38 bits per heavy atom. The number of ketones is 1. The van der Waals surface area contributed by atoms with Crippen molar-refractivity contribution in [3.8, 4) is 0 Å². The molecule has 0 rings (SSSR count). The van der Waals surface area contributed by atoms with Crippen LogP contribution in [0.1, 0.15) is 41.0 Å². The van der Waals surface area contributed by atoms with Crippen LogP contribution >= 0.6 is 0 Å². The van der Waals surface area contributed by atoms with Gasteiger partial charge in [-0.25, -0.2) is 4.79 Å². The van der Waals surface area contributed by atoms with Crippen molar-refractivity contribution >= 4 is 17.5 Å². The van der Waals surface area contributed by atoms with Crippen LogP contribution in [-0.2, 0) is 19.1 Å². The first-order valence-electron chi connectivity index (χ1n) is 6.99. The minimum Gasteiger partial charge on any atom is -0.462 e. The Bertz CT molecular complexity index is 408. The molecule has 0 aromatic rings. The molecular formula is C15H26N2O4. The standard InChI is InChI=1S/C15H26N2O4/c1-6-20-14(19)12(9-17-8-7-11(2)18)13(16)10-21-15(3,4)5/h9,16-17H,6-8,10H2,1-5H3/b12-9+,16-13?. The van der Waals surface area contributed by atoms with Gasteiger partial charge in [0, 0.05) is 19.2 Å². The fourth-order valence-corrected chi connectivity index (χ4v) is 1.27. The Morgan fingerprint density at radius 2 is 1.90 bits per heavy atom. The molecule has 6 nitrogen and oxygen atoms in total. The van der Waals surface area contributed by atoms with Gasteiger partial charge in [0.15, 0.2) is 0 Å². The summed E-state index contributed by atoms with van der Waals surface area (Å²) in [5.74, 6) is -0.518. The molecule has 120 valence electrons. The second-order valence-corrected chi connectivity index (χ2v) is 5.56. The molecule has 0 unspecified atom stereocenters. The molecule has 0 amide bonds. The Labute approximate surface area is 126 Å². The monoisotopic (exact) mass is 298 g/mol. The SMILES string of the molecule is CCOC(=O)/C(=C/NCCC(C)=O)C(=N)COC(C)(C)C. The second-order valence-electron chi connectivity index (χ2n) is 5.56. The van der Waals surface area contributed by atoms with Gasteiger partial charge in [0.25, 0.3) is 0 Å². The molecule has 21 heavy (non-hydrogen) atoms. The van der Waals surface area contributed by atoms with Gasteiger partial charge in [-0.1, -0.05) is 0 Å². The maximum Gasteiger partial charge on any atom is 0.341 e. The number of ether oxygens (including phenoxy) is 2. The first kappa shape index (κ1) is 19.3. The van der Waals surface area contributed by atoms with E-state index in [4.69, 9.17) is 14.9 Å².